The Bertz CT molecular complexity index is 633. The zero-order valence-corrected chi connectivity index (χ0v) is 11.4. The van der Waals surface area contributed by atoms with Gasteiger partial charge in [0.2, 0.25) is 0 Å². The Hall–Kier alpha value is -2.61. The van der Waals surface area contributed by atoms with Crippen molar-refractivity contribution in [2.24, 2.45) is 7.05 Å². The zero-order chi connectivity index (χ0) is 15.4. The van der Waals surface area contributed by atoms with E-state index in [-0.39, 0.29) is 18.9 Å². The highest BCUT2D eigenvalue weighted by Crippen LogP contribution is 2.13. The van der Waals surface area contributed by atoms with Crippen molar-refractivity contribution in [3.63, 3.8) is 0 Å². The first-order valence-electron chi connectivity index (χ1n) is 6.35. The van der Waals surface area contributed by atoms with Gasteiger partial charge in [-0.2, -0.15) is 5.10 Å². The maximum Gasteiger partial charge on any atom is 0.332 e. The summed E-state index contributed by atoms with van der Waals surface area (Å²) in [7, 11) is 1.72. The van der Waals surface area contributed by atoms with Crippen LogP contribution in [0.5, 0.6) is 0 Å². The predicted molar refractivity (Wildman–Crippen MR) is 73.1 cm³/mol. The molecule has 1 atom stereocenters. The van der Waals surface area contributed by atoms with Gasteiger partial charge in [0.15, 0.2) is 6.10 Å². The molecule has 0 saturated carbocycles. The summed E-state index contributed by atoms with van der Waals surface area (Å²) in [5, 5.41) is 24.3. The number of hydrogen-bond donors (Lipinski definition) is 3. The second-order valence-electron chi connectivity index (χ2n) is 4.49. The lowest BCUT2D eigenvalue weighted by Crippen LogP contribution is -2.30. The average Bonchev–Trinajstić information content (AvgIpc) is 3.06. The van der Waals surface area contributed by atoms with Gasteiger partial charge in [-0.15, -0.1) is 0 Å². The van der Waals surface area contributed by atoms with E-state index in [1.807, 2.05) is 12.1 Å². The van der Waals surface area contributed by atoms with Gasteiger partial charge in [-0.1, -0.05) is 0 Å². The third-order valence-corrected chi connectivity index (χ3v) is 2.99. The van der Waals surface area contributed by atoms with Crippen molar-refractivity contribution in [3.8, 4) is 5.82 Å². The molecule has 2 rings (SSSR count). The lowest BCUT2D eigenvalue weighted by molar-refractivity contribution is -0.146. The minimum absolute atomic E-state index is 0.0554. The smallest absolute Gasteiger partial charge is 0.332 e. The summed E-state index contributed by atoms with van der Waals surface area (Å²) in [4.78, 5) is 22.6. The molecule has 1 amide bonds. The second kappa shape index (κ2) is 6.23. The molecule has 21 heavy (non-hydrogen) atoms. The molecular weight excluding hydrogens is 276 g/mol. The van der Waals surface area contributed by atoms with E-state index >= 15 is 0 Å². The lowest BCUT2D eigenvalue weighted by Gasteiger charge is -2.09. The summed E-state index contributed by atoms with van der Waals surface area (Å²) in [6, 6.07) is 3.66. The molecule has 1 unspecified atom stereocenters. The standard InChI is InChI=1S/C13H16N4O4/c1-16-12(17-6-2-3-7-17)9(8-15-16)11(19)14-5-4-10(18)13(20)21/h2-3,6-8,10,18H,4-5H2,1H3,(H,14,19)(H,20,21). The number of carbonyl (C=O) groups is 2. The molecule has 0 spiro atoms. The number of aliphatic carboxylic acids is 1. The van der Waals surface area contributed by atoms with Gasteiger partial charge in [-0.05, 0) is 12.1 Å². The number of aryl methyl sites for hydroxylation is 1. The number of hydrogen-bond acceptors (Lipinski definition) is 4. The van der Waals surface area contributed by atoms with E-state index in [0.717, 1.165) is 0 Å². The van der Waals surface area contributed by atoms with Gasteiger partial charge in [0.1, 0.15) is 11.4 Å². The highest BCUT2D eigenvalue weighted by atomic mass is 16.4. The Morgan fingerprint density at radius 2 is 2.05 bits per heavy atom. The summed E-state index contributed by atoms with van der Waals surface area (Å²) >= 11 is 0. The molecule has 2 aromatic heterocycles. The molecular formula is C13H16N4O4. The van der Waals surface area contributed by atoms with E-state index in [4.69, 9.17) is 10.2 Å². The van der Waals surface area contributed by atoms with E-state index in [1.165, 1.54) is 6.20 Å². The van der Waals surface area contributed by atoms with Crippen LogP contribution in [0.3, 0.4) is 0 Å². The van der Waals surface area contributed by atoms with Gasteiger partial charge in [-0.25, -0.2) is 4.79 Å². The number of carboxylic acid groups (broad SMARTS) is 1. The van der Waals surface area contributed by atoms with Gasteiger partial charge in [0.05, 0.1) is 6.20 Å². The fourth-order valence-corrected chi connectivity index (χ4v) is 1.91. The Kier molecular flexibility index (Phi) is 4.39. The van der Waals surface area contributed by atoms with Crippen LogP contribution in [0.25, 0.3) is 5.82 Å². The molecule has 8 nitrogen and oxygen atoms in total. The summed E-state index contributed by atoms with van der Waals surface area (Å²) < 4.78 is 3.33. The van der Waals surface area contributed by atoms with Gasteiger partial charge < -0.3 is 20.1 Å². The molecule has 0 aliphatic rings. The number of aliphatic hydroxyl groups excluding tert-OH is 1. The molecule has 0 saturated heterocycles. The molecule has 2 heterocycles. The third kappa shape index (κ3) is 3.29. The number of amides is 1. The Morgan fingerprint density at radius 1 is 1.38 bits per heavy atom. The molecule has 0 aromatic carbocycles. The highest BCUT2D eigenvalue weighted by molar-refractivity contribution is 5.97. The van der Waals surface area contributed by atoms with Crippen LogP contribution in [0.2, 0.25) is 0 Å². The van der Waals surface area contributed by atoms with Gasteiger partial charge >= 0.3 is 5.97 Å². The summed E-state index contributed by atoms with van der Waals surface area (Å²) in [6.45, 7) is 0.0618. The number of nitrogens with one attached hydrogen (secondary N) is 1. The molecule has 0 bridgehead atoms. The van der Waals surface area contributed by atoms with E-state index in [9.17, 15) is 9.59 Å². The Labute approximate surface area is 120 Å². The number of carbonyl (C=O) groups excluding carboxylic acids is 1. The molecule has 3 N–H and O–H groups in total. The van der Waals surface area contributed by atoms with Crippen LogP contribution in [0.1, 0.15) is 16.8 Å². The van der Waals surface area contributed by atoms with Crippen LogP contribution in [-0.2, 0) is 11.8 Å². The van der Waals surface area contributed by atoms with Gasteiger partial charge in [0, 0.05) is 32.4 Å². The zero-order valence-electron chi connectivity index (χ0n) is 11.4. The van der Waals surface area contributed by atoms with Crippen molar-refractivity contribution in [3.05, 3.63) is 36.3 Å². The first-order valence-corrected chi connectivity index (χ1v) is 6.35. The number of aliphatic hydroxyl groups is 1. The minimum Gasteiger partial charge on any atom is -0.479 e. The van der Waals surface area contributed by atoms with Crippen molar-refractivity contribution in [1.29, 1.82) is 0 Å². The summed E-state index contributed by atoms with van der Waals surface area (Å²) in [6.07, 6.45) is 3.49. The number of rotatable bonds is 6. The largest absolute Gasteiger partial charge is 0.479 e. The van der Waals surface area contributed by atoms with Crippen LogP contribution >= 0.6 is 0 Å². The quantitative estimate of drug-likeness (QED) is 0.681. The summed E-state index contributed by atoms with van der Waals surface area (Å²) in [5.41, 5.74) is 0.374. The predicted octanol–water partition coefficient (Wildman–Crippen LogP) is -0.224. The average molecular weight is 292 g/mol. The molecule has 0 fully saturated rings. The number of aromatic nitrogens is 3. The molecule has 2 aromatic rings. The first kappa shape index (κ1) is 14.8. The molecule has 0 radical (unpaired) electrons. The molecule has 112 valence electrons. The SMILES string of the molecule is Cn1ncc(C(=O)NCCC(O)C(=O)O)c1-n1cccc1. The third-order valence-electron chi connectivity index (χ3n) is 2.99. The number of nitrogens with zero attached hydrogens (tertiary/aromatic N) is 3. The highest BCUT2D eigenvalue weighted by Gasteiger charge is 2.18. The normalized spacial score (nSPS) is 12.1. The van der Waals surface area contributed by atoms with Crippen molar-refractivity contribution in [1.82, 2.24) is 19.7 Å². The Balaban J connectivity index is 2.05. The van der Waals surface area contributed by atoms with Crippen LogP contribution < -0.4 is 5.32 Å². The van der Waals surface area contributed by atoms with Crippen molar-refractivity contribution < 1.29 is 19.8 Å². The lowest BCUT2D eigenvalue weighted by atomic mass is 10.2. The molecule has 8 heteroatoms. The maximum atomic E-state index is 12.1. The van der Waals surface area contributed by atoms with Gasteiger partial charge in [-0.3, -0.25) is 9.48 Å². The maximum absolute atomic E-state index is 12.1. The van der Waals surface area contributed by atoms with E-state index in [2.05, 4.69) is 10.4 Å². The van der Waals surface area contributed by atoms with Gasteiger partial charge in [0.25, 0.3) is 5.91 Å². The Morgan fingerprint density at radius 3 is 2.67 bits per heavy atom. The fourth-order valence-electron chi connectivity index (χ4n) is 1.91. The topological polar surface area (TPSA) is 109 Å². The second-order valence-corrected chi connectivity index (χ2v) is 4.49. The van der Waals surface area contributed by atoms with Crippen molar-refractivity contribution in [2.75, 3.05) is 6.54 Å². The minimum atomic E-state index is -1.48. The van der Waals surface area contributed by atoms with Crippen LogP contribution in [0.4, 0.5) is 0 Å². The molecule has 0 aliphatic heterocycles. The van der Waals surface area contributed by atoms with Crippen LogP contribution in [0.15, 0.2) is 30.7 Å². The number of carboxylic acids is 1. The van der Waals surface area contributed by atoms with Crippen LogP contribution in [-0.4, -0.2) is 49.1 Å². The van der Waals surface area contributed by atoms with E-state index in [0.29, 0.717) is 11.4 Å². The first-order chi connectivity index (χ1) is 10.0. The monoisotopic (exact) mass is 292 g/mol. The fraction of sp³-hybridized carbons (Fsp3) is 0.308. The van der Waals surface area contributed by atoms with Crippen molar-refractivity contribution >= 4 is 11.9 Å². The van der Waals surface area contributed by atoms with Crippen molar-refractivity contribution in [2.45, 2.75) is 12.5 Å². The van der Waals surface area contributed by atoms with Crippen LogP contribution in [0, 0.1) is 0 Å². The van der Waals surface area contributed by atoms with E-state index < -0.39 is 12.1 Å². The van der Waals surface area contributed by atoms with E-state index in [1.54, 1.807) is 28.7 Å². The molecule has 0 aliphatic carbocycles. The summed E-state index contributed by atoms with van der Waals surface area (Å²) in [5.74, 6) is -1.07.